The minimum absolute atomic E-state index is 0.650. The predicted octanol–water partition coefficient (Wildman–Crippen LogP) is 3.34. The van der Waals surface area contributed by atoms with Crippen molar-refractivity contribution < 1.29 is 4.79 Å². The lowest BCUT2D eigenvalue weighted by Gasteiger charge is -2.18. The van der Waals surface area contributed by atoms with Gasteiger partial charge in [-0.25, -0.2) is 4.98 Å². The monoisotopic (exact) mass is 246 g/mol. The van der Waals surface area contributed by atoms with Crippen LogP contribution in [0.25, 0.3) is 0 Å². The Morgan fingerprint density at radius 1 is 1.35 bits per heavy atom. The lowest BCUT2D eigenvalue weighted by molar-refractivity contribution is 0.112. The van der Waals surface area contributed by atoms with E-state index in [-0.39, 0.29) is 0 Å². The molecule has 0 N–H and O–H groups in total. The summed E-state index contributed by atoms with van der Waals surface area (Å²) in [6, 6.07) is 6.29. The maximum Gasteiger partial charge on any atom is 0.190 e. The van der Waals surface area contributed by atoms with Crippen molar-refractivity contribution in [2.75, 3.05) is 11.9 Å². The average Bonchev–Trinajstić information content (AvgIpc) is 2.76. The van der Waals surface area contributed by atoms with Crippen LogP contribution in [0.4, 0.5) is 10.8 Å². The zero-order chi connectivity index (χ0) is 12.4. The molecule has 0 unspecified atom stereocenters. The highest BCUT2D eigenvalue weighted by Gasteiger charge is 2.10. The number of nitrogens with zero attached hydrogens (tertiary/aromatic N) is 2. The van der Waals surface area contributed by atoms with Crippen LogP contribution in [0.2, 0.25) is 0 Å². The quantitative estimate of drug-likeness (QED) is 0.779. The van der Waals surface area contributed by atoms with Crippen LogP contribution < -0.4 is 4.90 Å². The summed E-state index contributed by atoms with van der Waals surface area (Å²) < 4.78 is 0. The summed E-state index contributed by atoms with van der Waals surface area (Å²) in [5, 5.41) is 0.832. The summed E-state index contributed by atoms with van der Waals surface area (Å²) >= 11 is 1.40. The lowest BCUT2D eigenvalue weighted by Crippen LogP contribution is -2.10. The molecule has 0 radical (unpaired) electrons. The molecule has 1 aromatic heterocycles. The molecule has 17 heavy (non-hydrogen) atoms. The fourth-order valence-electron chi connectivity index (χ4n) is 1.77. The largest absolute Gasteiger partial charge is 0.321 e. The van der Waals surface area contributed by atoms with Crippen molar-refractivity contribution in [1.82, 2.24) is 4.98 Å². The van der Waals surface area contributed by atoms with Crippen molar-refractivity contribution in [2.45, 2.75) is 13.8 Å². The van der Waals surface area contributed by atoms with E-state index in [4.69, 9.17) is 0 Å². The van der Waals surface area contributed by atoms with E-state index in [0.29, 0.717) is 4.88 Å². The Balaban J connectivity index is 2.36. The van der Waals surface area contributed by atoms with E-state index < -0.39 is 0 Å². The molecule has 0 spiro atoms. The van der Waals surface area contributed by atoms with Crippen molar-refractivity contribution in [3.05, 3.63) is 40.4 Å². The summed E-state index contributed by atoms with van der Waals surface area (Å²) in [7, 11) is 1.96. The highest BCUT2D eigenvalue weighted by atomic mass is 32.1. The second kappa shape index (κ2) is 4.67. The maximum atomic E-state index is 10.6. The molecule has 3 nitrogen and oxygen atoms in total. The smallest absolute Gasteiger partial charge is 0.190 e. The second-order valence-electron chi connectivity index (χ2n) is 4.01. The summed E-state index contributed by atoms with van der Waals surface area (Å²) in [4.78, 5) is 17.5. The van der Waals surface area contributed by atoms with Gasteiger partial charge in [-0.1, -0.05) is 29.0 Å². The number of hydrogen-bond donors (Lipinski definition) is 0. The van der Waals surface area contributed by atoms with E-state index in [1.165, 1.54) is 22.5 Å². The molecule has 0 saturated carbocycles. The van der Waals surface area contributed by atoms with Gasteiger partial charge in [0.05, 0.1) is 11.1 Å². The normalized spacial score (nSPS) is 10.3. The van der Waals surface area contributed by atoms with Crippen molar-refractivity contribution in [3.8, 4) is 0 Å². The van der Waals surface area contributed by atoms with Gasteiger partial charge in [0.1, 0.15) is 0 Å². The van der Waals surface area contributed by atoms with Gasteiger partial charge in [0.25, 0.3) is 0 Å². The van der Waals surface area contributed by atoms with Crippen LogP contribution in [0.5, 0.6) is 0 Å². The molecular weight excluding hydrogens is 232 g/mol. The van der Waals surface area contributed by atoms with E-state index >= 15 is 0 Å². The average molecular weight is 246 g/mol. The van der Waals surface area contributed by atoms with Gasteiger partial charge in [0.15, 0.2) is 11.4 Å². The molecule has 0 aliphatic rings. The fraction of sp³-hybridized carbons (Fsp3) is 0.231. The Morgan fingerprint density at radius 2 is 2.12 bits per heavy atom. The van der Waals surface area contributed by atoms with Gasteiger partial charge in [-0.15, -0.1) is 0 Å². The third kappa shape index (κ3) is 2.36. The third-order valence-corrected chi connectivity index (χ3v) is 3.63. The highest BCUT2D eigenvalue weighted by molar-refractivity contribution is 7.17. The number of thiazole rings is 1. The Hall–Kier alpha value is -1.68. The molecule has 1 aromatic carbocycles. The van der Waals surface area contributed by atoms with Crippen LogP contribution >= 0.6 is 11.3 Å². The van der Waals surface area contributed by atoms with Crippen LogP contribution in [0.3, 0.4) is 0 Å². The number of rotatable bonds is 3. The van der Waals surface area contributed by atoms with Gasteiger partial charge in [-0.3, -0.25) is 4.79 Å². The number of carbonyl (C=O) groups excluding carboxylic acids is 1. The van der Waals surface area contributed by atoms with Crippen LogP contribution in [-0.4, -0.2) is 18.3 Å². The molecule has 2 aromatic rings. The zero-order valence-corrected chi connectivity index (χ0v) is 10.9. The van der Waals surface area contributed by atoms with Crippen LogP contribution in [-0.2, 0) is 0 Å². The number of carbonyl (C=O) groups is 1. The number of aryl methyl sites for hydroxylation is 2. The molecule has 0 aliphatic heterocycles. The Labute approximate surface area is 105 Å². The van der Waals surface area contributed by atoms with Gasteiger partial charge < -0.3 is 4.90 Å². The molecule has 0 atom stereocenters. The van der Waals surface area contributed by atoms with Gasteiger partial charge in [0, 0.05) is 12.7 Å². The van der Waals surface area contributed by atoms with E-state index in [9.17, 15) is 4.79 Å². The van der Waals surface area contributed by atoms with E-state index in [0.717, 1.165) is 17.1 Å². The third-order valence-electron chi connectivity index (χ3n) is 2.63. The molecule has 0 saturated heterocycles. The highest BCUT2D eigenvalue weighted by Crippen LogP contribution is 2.29. The van der Waals surface area contributed by atoms with Crippen molar-refractivity contribution in [3.63, 3.8) is 0 Å². The standard InChI is InChI=1S/C13H14N2OS/c1-9-4-5-12(10(2)6-9)15(3)13-14-7-11(8-16)17-13/h4-8H,1-3H3. The lowest BCUT2D eigenvalue weighted by atomic mass is 10.1. The Bertz CT molecular complexity index is 548. The summed E-state index contributed by atoms with van der Waals surface area (Å²) in [6.45, 7) is 4.15. The molecule has 1 heterocycles. The first-order valence-electron chi connectivity index (χ1n) is 5.34. The minimum Gasteiger partial charge on any atom is -0.321 e. The van der Waals surface area contributed by atoms with Crippen molar-refractivity contribution in [1.29, 1.82) is 0 Å². The number of benzene rings is 1. The van der Waals surface area contributed by atoms with Crippen LogP contribution in [0.15, 0.2) is 24.4 Å². The Kier molecular flexibility index (Phi) is 3.24. The molecule has 4 heteroatoms. The first-order chi connectivity index (χ1) is 8.11. The minimum atomic E-state index is 0.650. The second-order valence-corrected chi connectivity index (χ2v) is 5.05. The van der Waals surface area contributed by atoms with Gasteiger partial charge >= 0.3 is 0 Å². The van der Waals surface area contributed by atoms with Crippen LogP contribution in [0, 0.1) is 13.8 Å². The molecular formula is C13H14N2OS. The molecule has 0 fully saturated rings. The van der Waals surface area contributed by atoms with Gasteiger partial charge in [0.2, 0.25) is 0 Å². The van der Waals surface area contributed by atoms with Crippen LogP contribution in [0.1, 0.15) is 20.8 Å². The van der Waals surface area contributed by atoms with Crippen molar-refractivity contribution in [2.24, 2.45) is 0 Å². The summed E-state index contributed by atoms with van der Waals surface area (Å²) in [5.41, 5.74) is 3.56. The van der Waals surface area contributed by atoms with Crippen molar-refractivity contribution >= 4 is 28.4 Å². The molecule has 2 rings (SSSR count). The molecule has 88 valence electrons. The first-order valence-corrected chi connectivity index (χ1v) is 6.15. The van der Waals surface area contributed by atoms with E-state index in [1.807, 2.05) is 11.9 Å². The predicted molar refractivity (Wildman–Crippen MR) is 71.5 cm³/mol. The van der Waals surface area contributed by atoms with E-state index in [1.54, 1.807) is 6.20 Å². The topological polar surface area (TPSA) is 33.2 Å². The van der Waals surface area contributed by atoms with Gasteiger partial charge in [-0.05, 0) is 25.5 Å². The van der Waals surface area contributed by atoms with Gasteiger partial charge in [-0.2, -0.15) is 0 Å². The summed E-state index contributed by atoms with van der Waals surface area (Å²) in [5.74, 6) is 0. The Morgan fingerprint density at radius 3 is 2.71 bits per heavy atom. The molecule has 0 aliphatic carbocycles. The first kappa shape index (κ1) is 11.8. The zero-order valence-electron chi connectivity index (χ0n) is 10.1. The fourth-order valence-corrected chi connectivity index (χ4v) is 2.48. The molecule has 0 bridgehead atoms. The number of hydrogen-bond acceptors (Lipinski definition) is 4. The maximum absolute atomic E-state index is 10.6. The summed E-state index contributed by atoms with van der Waals surface area (Å²) in [6.07, 6.45) is 2.43. The number of anilines is 2. The van der Waals surface area contributed by atoms with E-state index in [2.05, 4.69) is 37.0 Å². The molecule has 0 amide bonds. The number of aldehydes is 1. The SMILES string of the molecule is Cc1ccc(N(C)c2ncc(C=O)s2)c(C)c1. The number of aromatic nitrogens is 1.